The molecule has 0 unspecified atom stereocenters. The van der Waals surface area contributed by atoms with Crippen molar-refractivity contribution in [2.75, 3.05) is 0 Å². The van der Waals surface area contributed by atoms with Crippen molar-refractivity contribution in [3.63, 3.8) is 0 Å². The second-order valence-electron chi connectivity index (χ2n) is 4.27. The molecule has 0 rings (SSSR count). The zero-order chi connectivity index (χ0) is 12.6. The average molecular weight is 231 g/mol. The van der Waals surface area contributed by atoms with Crippen LogP contribution in [0.5, 0.6) is 0 Å². The maximum Gasteiger partial charge on any atom is 0.00922 e. The van der Waals surface area contributed by atoms with Gasteiger partial charge in [-0.1, -0.05) is 82.4 Å². The minimum Gasteiger partial charge on any atom is -0.0985 e. The molecule has 0 saturated carbocycles. The molecule has 0 atom stereocenters. The number of unbranched alkanes of at least 4 members (excludes halogenated alkanes) is 7. The summed E-state index contributed by atoms with van der Waals surface area (Å²) in [6.45, 7) is 6.03. The van der Waals surface area contributed by atoms with Crippen LogP contribution in [0.3, 0.4) is 0 Å². The Labute approximate surface area is 108 Å². The molecule has 0 aliphatic heterocycles. The van der Waals surface area contributed by atoms with Gasteiger partial charge >= 0.3 is 0 Å². The highest BCUT2D eigenvalue weighted by Gasteiger charge is 1.87. The molecule has 0 saturated heterocycles. The quantitative estimate of drug-likeness (QED) is 0.280. The molecule has 0 fully saturated rings. The highest BCUT2D eigenvalue weighted by Crippen LogP contribution is 2.05. The fourth-order valence-corrected chi connectivity index (χ4v) is 1.50. The Balaban J connectivity index is 3.30. The summed E-state index contributed by atoms with van der Waals surface area (Å²) in [5, 5.41) is 0. The van der Waals surface area contributed by atoms with Gasteiger partial charge in [-0.2, -0.15) is 0 Å². The summed E-state index contributed by atoms with van der Waals surface area (Å²) in [6.07, 6.45) is 19.2. The molecule has 0 N–H and O–H groups in total. The molecule has 95 valence electrons. The molecule has 17 heavy (non-hydrogen) atoms. The predicted octanol–water partition coefficient (Wildman–Crippen LogP) is 5.47. The second-order valence-corrected chi connectivity index (χ2v) is 4.27. The van der Waals surface area contributed by atoms with E-state index in [0.29, 0.717) is 0 Å². The van der Waals surface area contributed by atoms with Gasteiger partial charge < -0.3 is 0 Å². The zero-order valence-corrected chi connectivity index (χ0v) is 11.4. The first-order valence-corrected chi connectivity index (χ1v) is 7.01. The first-order chi connectivity index (χ1) is 8.41. The smallest absolute Gasteiger partial charge is 0.00922 e. The van der Waals surface area contributed by atoms with Crippen LogP contribution in [0.1, 0.15) is 64.7 Å². The van der Waals surface area contributed by atoms with E-state index in [1.807, 2.05) is 12.2 Å². The van der Waals surface area contributed by atoms with E-state index in [1.54, 1.807) is 0 Å². The fourth-order valence-electron chi connectivity index (χ4n) is 1.50. The van der Waals surface area contributed by atoms with Crippen molar-refractivity contribution in [1.82, 2.24) is 0 Å². The monoisotopic (exact) mass is 231 g/mol. The van der Waals surface area contributed by atoms with Crippen LogP contribution in [0.25, 0.3) is 0 Å². The van der Waals surface area contributed by atoms with Crippen molar-refractivity contribution < 1.29 is 0 Å². The van der Waals surface area contributed by atoms with Crippen LogP contribution in [-0.2, 0) is 0 Å². The van der Waals surface area contributed by atoms with Crippen LogP contribution in [-0.4, -0.2) is 0 Å². The van der Waals surface area contributed by atoms with Gasteiger partial charge in [0.2, 0.25) is 0 Å². The molecule has 0 aromatic carbocycles. The van der Waals surface area contributed by atoms with Gasteiger partial charge in [-0.05, 0) is 18.9 Å². The molecule has 0 amide bonds. The Bertz CT molecular complexity index is 247. The third-order valence-electron chi connectivity index (χ3n) is 2.54. The molecule has 0 aromatic rings. The summed E-state index contributed by atoms with van der Waals surface area (Å²) in [4.78, 5) is 0. The Morgan fingerprint density at radius 3 is 2.53 bits per heavy atom. The van der Waals surface area contributed by atoms with E-state index in [9.17, 15) is 0 Å². The molecule has 0 heteroatoms. The molecule has 0 aliphatic rings. The van der Waals surface area contributed by atoms with Gasteiger partial charge in [0.15, 0.2) is 0 Å². The lowest BCUT2D eigenvalue weighted by atomic mass is 10.1. The summed E-state index contributed by atoms with van der Waals surface area (Å²) in [6, 6.07) is 0. The van der Waals surface area contributed by atoms with Crippen LogP contribution >= 0.6 is 0 Å². The van der Waals surface area contributed by atoms with Crippen LogP contribution in [0.2, 0.25) is 0 Å². The van der Waals surface area contributed by atoms with E-state index < -0.39 is 0 Å². The number of hydrogen-bond donors (Lipinski definition) is 0. The van der Waals surface area contributed by atoms with E-state index in [1.165, 1.54) is 38.5 Å². The van der Waals surface area contributed by atoms with Gasteiger partial charge in [-0.3, -0.25) is 0 Å². The molecule has 0 bridgehead atoms. The van der Waals surface area contributed by atoms with Crippen LogP contribution < -0.4 is 0 Å². The van der Waals surface area contributed by atoms with Gasteiger partial charge in [0.25, 0.3) is 0 Å². The van der Waals surface area contributed by atoms with Crippen molar-refractivity contribution in [2.24, 2.45) is 0 Å². The molecule has 0 heterocycles. The van der Waals surface area contributed by atoms with Crippen LogP contribution in [0.15, 0.2) is 24.3 Å². The summed E-state index contributed by atoms with van der Waals surface area (Å²) in [5.41, 5.74) is 0. The number of allylic oxidation sites excluding steroid dienone is 4. The molecule has 0 spiro atoms. The normalized spacial score (nSPS) is 10.9. The van der Waals surface area contributed by atoms with Gasteiger partial charge in [0.1, 0.15) is 0 Å². The SMILES string of the molecule is [CH2]CCCCCCCC#C/C=C/C=C/CCC. The summed E-state index contributed by atoms with van der Waals surface area (Å²) in [7, 11) is 0. The van der Waals surface area contributed by atoms with E-state index >= 15 is 0 Å². The van der Waals surface area contributed by atoms with Gasteiger partial charge in [0, 0.05) is 6.42 Å². The van der Waals surface area contributed by atoms with Crippen molar-refractivity contribution >= 4 is 0 Å². The molecule has 0 aromatic heterocycles. The Hall–Kier alpha value is -0.960. The fraction of sp³-hybridized carbons (Fsp3) is 0.588. The summed E-state index contributed by atoms with van der Waals surface area (Å²) in [5.74, 6) is 6.26. The second kappa shape index (κ2) is 15.0. The van der Waals surface area contributed by atoms with Gasteiger partial charge in [0.05, 0.1) is 0 Å². The Morgan fingerprint density at radius 2 is 1.76 bits per heavy atom. The lowest BCUT2D eigenvalue weighted by Gasteiger charge is -1.96. The van der Waals surface area contributed by atoms with Crippen molar-refractivity contribution in [3.8, 4) is 11.8 Å². The Kier molecular flexibility index (Phi) is 14.2. The standard InChI is InChI=1S/C17H27/c1-3-5-7-9-11-13-15-17-16-14-12-10-8-6-4-2/h8,10,12,14H,1,3-7,9,11,13,15H2,2H3/b10-8+,14-12+. The molecule has 1 radical (unpaired) electrons. The minimum atomic E-state index is 1.04. The molecule has 0 aliphatic carbocycles. The van der Waals surface area contributed by atoms with Gasteiger partial charge in [-0.25, -0.2) is 0 Å². The van der Waals surface area contributed by atoms with E-state index in [4.69, 9.17) is 0 Å². The third kappa shape index (κ3) is 15.0. The lowest BCUT2D eigenvalue weighted by Crippen LogP contribution is -1.77. The molecular formula is C17H27. The molecule has 0 nitrogen and oxygen atoms in total. The minimum absolute atomic E-state index is 1.04. The largest absolute Gasteiger partial charge is 0.0985 e. The maximum absolute atomic E-state index is 3.84. The maximum atomic E-state index is 3.84. The summed E-state index contributed by atoms with van der Waals surface area (Å²) >= 11 is 0. The van der Waals surface area contributed by atoms with E-state index in [-0.39, 0.29) is 0 Å². The van der Waals surface area contributed by atoms with Crippen molar-refractivity contribution in [2.45, 2.75) is 64.7 Å². The number of rotatable bonds is 9. The Morgan fingerprint density at radius 1 is 1.00 bits per heavy atom. The predicted molar refractivity (Wildman–Crippen MR) is 78.6 cm³/mol. The first kappa shape index (κ1) is 16.0. The van der Waals surface area contributed by atoms with Crippen LogP contribution in [0.4, 0.5) is 0 Å². The van der Waals surface area contributed by atoms with E-state index in [2.05, 4.69) is 37.8 Å². The highest BCUT2D eigenvalue weighted by atomic mass is 13.9. The average Bonchev–Trinajstić information content (AvgIpc) is 2.35. The third-order valence-corrected chi connectivity index (χ3v) is 2.54. The van der Waals surface area contributed by atoms with Gasteiger partial charge in [-0.15, -0.1) is 0 Å². The van der Waals surface area contributed by atoms with Crippen molar-refractivity contribution in [3.05, 3.63) is 31.2 Å². The summed E-state index contributed by atoms with van der Waals surface area (Å²) < 4.78 is 0. The first-order valence-electron chi connectivity index (χ1n) is 7.01. The van der Waals surface area contributed by atoms with Crippen LogP contribution in [0, 0.1) is 18.8 Å². The lowest BCUT2D eigenvalue weighted by molar-refractivity contribution is 0.624. The molecular weight excluding hydrogens is 204 g/mol. The van der Waals surface area contributed by atoms with Crippen molar-refractivity contribution in [1.29, 1.82) is 0 Å². The highest BCUT2D eigenvalue weighted by molar-refractivity contribution is 5.19. The van der Waals surface area contributed by atoms with E-state index in [0.717, 1.165) is 19.3 Å². The topological polar surface area (TPSA) is 0 Å². The zero-order valence-electron chi connectivity index (χ0n) is 11.4. The number of hydrogen-bond acceptors (Lipinski definition) is 0.